The molecule has 0 fully saturated rings. The Labute approximate surface area is 105 Å². The number of hydrogen-bond donors (Lipinski definition) is 1. The smallest absolute Gasteiger partial charge is 0.382 e. The third kappa shape index (κ3) is 3.83. The van der Waals surface area contributed by atoms with Gasteiger partial charge in [-0.2, -0.15) is 0 Å². The SMILES string of the molecule is CCCO[Si](Nc1ccccc1)(OC)C(C)C. The highest BCUT2D eigenvalue weighted by Gasteiger charge is 2.42. The van der Waals surface area contributed by atoms with Crippen LogP contribution in [0.5, 0.6) is 0 Å². The average molecular weight is 253 g/mol. The molecule has 1 N–H and O–H groups in total. The minimum Gasteiger partial charge on any atom is -0.382 e. The molecule has 0 heterocycles. The van der Waals surface area contributed by atoms with E-state index in [9.17, 15) is 0 Å². The summed E-state index contributed by atoms with van der Waals surface area (Å²) in [5.41, 5.74) is 1.41. The summed E-state index contributed by atoms with van der Waals surface area (Å²) in [6, 6.07) is 10.1. The van der Waals surface area contributed by atoms with E-state index in [0.717, 1.165) is 18.7 Å². The second kappa shape index (κ2) is 6.79. The molecule has 0 bridgehead atoms. The van der Waals surface area contributed by atoms with E-state index in [2.05, 4.69) is 25.8 Å². The minimum absolute atomic E-state index is 0.347. The zero-order valence-electron chi connectivity index (χ0n) is 11.2. The van der Waals surface area contributed by atoms with Crippen LogP contribution in [0.2, 0.25) is 5.54 Å². The maximum Gasteiger partial charge on any atom is 0.459 e. The average Bonchev–Trinajstić information content (AvgIpc) is 2.35. The van der Waals surface area contributed by atoms with Gasteiger partial charge in [0.1, 0.15) is 0 Å². The predicted octanol–water partition coefficient (Wildman–Crippen LogP) is 3.52. The van der Waals surface area contributed by atoms with Crippen molar-refractivity contribution in [2.45, 2.75) is 32.7 Å². The third-order valence-electron chi connectivity index (χ3n) is 2.68. The van der Waals surface area contributed by atoms with Crippen molar-refractivity contribution in [2.24, 2.45) is 0 Å². The fourth-order valence-corrected chi connectivity index (χ4v) is 4.13. The molecule has 0 radical (unpaired) electrons. The van der Waals surface area contributed by atoms with Gasteiger partial charge in [0.25, 0.3) is 0 Å². The van der Waals surface area contributed by atoms with Gasteiger partial charge < -0.3 is 13.8 Å². The summed E-state index contributed by atoms with van der Waals surface area (Å²) in [6.07, 6.45) is 1.00. The van der Waals surface area contributed by atoms with Crippen LogP contribution in [0.3, 0.4) is 0 Å². The summed E-state index contributed by atoms with van der Waals surface area (Å²) in [4.78, 5) is 3.47. The van der Waals surface area contributed by atoms with E-state index in [4.69, 9.17) is 8.85 Å². The summed E-state index contributed by atoms with van der Waals surface area (Å²) in [5, 5.41) is 0. The van der Waals surface area contributed by atoms with E-state index in [-0.39, 0.29) is 0 Å². The van der Waals surface area contributed by atoms with Crippen LogP contribution in [0, 0.1) is 0 Å². The molecule has 4 heteroatoms. The Morgan fingerprint density at radius 3 is 2.35 bits per heavy atom. The number of benzene rings is 1. The highest BCUT2D eigenvalue weighted by Crippen LogP contribution is 2.25. The molecule has 17 heavy (non-hydrogen) atoms. The van der Waals surface area contributed by atoms with Crippen molar-refractivity contribution < 1.29 is 8.85 Å². The van der Waals surface area contributed by atoms with Crippen LogP contribution in [-0.4, -0.2) is 22.4 Å². The highest BCUT2D eigenvalue weighted by molar-refractivity contribution is 6.72. The van der Waals surface area contributed by atoms with Gasteiger partial charge in [0, 0.05) is 24.9 Å². The standard InChI is InChI=1S/C13H23NO2Si/c1-5-11-16-17(15-4,12(2)3)14-13-9-7-6-8-10-13/h6-10,12,14H,5,11H2,1-4H3. The molecule has 0 amide bonds. The normalized spacial score (nSPS) is 14.6. The monoisotopic (exact) mass is 253 g/mol. The van der Waals surface area contributed by atoms with Crippen LogP contribution in [0.15, 0.2) is 30.3 Å². The van der Waals surface area contributed by atoms with Gasteiger partial charge in [-0.3, -0.25) is 0 Å². The molecule has 0 spiro atoms. The molecule has 1 atom stereocenters. The van der Waals surface area contributed by atoms with Gasteiger partial charge in [-0.15, -0.1) is 0 Å². The maximum atomic E-state index is 6.00. The molecular formula is C13H23NO2Si. The van der Waals surface area contributed by atoms with E-state index in [1.54, 1.807) is 7.11 Å². The lowest BCUT2D eigenvalue weighted by Gasteiger charge is -2.33. The second-order valence-electron chi connectivity index (χ2n) is 4.37. The fourth-order valence-electron chi connectivity index (χ4n) is 1.67. The summed E-state index contributed by atoms with van der Waals surface area (Å²) in [5.74, 6) is 0. The number of anilines is 1. The van der Waals surface area contributed by atoms with Gasteiger partial charge in [0.2, 0.25) is 0 Å². The molecule has 0 saturated carbocycles. The second-order valence-corrected chi connectivity index (χ2v) is 7.80. The van der Waals surface area contributed by atoms with Crippen molar-refractivity contribution >= 4 is 14.4 Å². The van der Waals surface area contributed by atoms with Gasteiger partial charge in [0.05, 0.1) is 0 Å². The van der Waals surface area contributed by atoms with E-state index >= 15 is 0 Å². The van der Waals surface area contributed by atoms with Crippen molar-refractivity contribution in [3.8, 4) is 0 Å². The van der Waals surface area contributed by atoms with Crippen LogP contribution >= 0.6 is 0 Å². The number of nitrogens with one attached hydrogen (secondary N) is 1. The van der Waals surface area contributed by atoms with Crippen LogP contribution in [-0.2, 0) is 8.85 Å². The molecule has 0 saturated heterocycles. The van der Waals surface area contributed by atoms with Crippen molar-refractivity contribution in [3.05, 3.63) is 30.3 Å². The van der Waals surface area contributed by atoms with Gasteiger partial charge in [-0.25, -0.2) is 0 Å². The summed E-state index contributed by atoms with van der Waals surface area (Å²) < 4.78 is 11.7. The van der Waals surface area contributed by atoms with Crippen molar-refractivity contribution in [1.29, 1.82) is 0 Å². The lowest BCUT2D eigenvalue weighted by atomic mass is 10.3. The lowest BCUT2D eigenvalue weighted by Crippen LogP contribution is -2.52. The minimum atomic E-state index is -2.36. The third-order valence-corrected chi connectivity index (χ3v) is 6.07. The Morgan fingerprint density at radius 1 is 1.24 bits per heavy atom. The fraction of sp³-hybridized carbons (Fsp3) is 0.538. The van der Waals surface area contributed by atoms with Crippen molar-refractivity contribution in [2.75, 3.05) is 18.7 Å². The van der Waals surface area contributed by atoms with Gasteiger partial charge in [0.15, 0.2) is 0 Å². The molecule has 3 nitrogen and oxygen atoms in total. The number of rotatable bonds is 7. The molecular weight excluding hydrogens is 230 g/mol. The lowest BCUT2D eigenvalue weighted by molar-refractivity contribution is 0.197. The largest absolute Gasteiger partial charge is 0.459 e. The molecule has 0 aliphatic heterocycles. The maximum absolute atomic E-state index is 6.00. The van der Waals surface area contributed by atoms with Gasteiger partial charge >= 0.3 is 8.72 Å². The summed E-state index contributed by atoms with van der Waals surface area (Å²) in [7, 11) is -0.625. The van der Waals surface area contributed by atoms with E-state index < -0.39 is 8.72 Å². The van der Waals surface area contributed by atoms with Crippen molar-refractivity contribution in [3.63, 3.8) is 0 Å². The van der Waals surface area contributed by atoms with E-state index in [1.165, 1.54) is 0 Å². The van der Waals surface area contributed by atoms with Gasteiger partial charge in [-0.1, -0.05) is 39.0 Å². The Balaban J connectivity index is 2.82. The zero-order chi connectivity index (χ0) is 12.7. The number of hydrogen-bond acceptors (Lipinski definition) is 3. The van der Waals surface area contributed by atoms with Crippen LogP contribution < -0.4 is 4.98 Å². The van der Waals surface area contributed by atoms with Crippen LogP contribution in [0.1, 0.15) is 27.2 Å². The molecule has 0 aliphatic rings. The number of para-hydroxylation sites is 1. The van der Waals surface area contributed by atoms with Crippen LogP contribution in [0.25, 0.3) is 0 Å². The first kappa shape index (κ1) is 14.2. The first-order valence-corrected chi connectivity index (χ1v) is 8.06. The first-order chi connectivity index (χ1) is 8.14. The molecule has 0 aromatic heterocycles. The van der Waals surface area contributed by atoms with E-state index in [0.29, 0.717) is 5.54 Å². The first-order valence-electron chi connectivity index (χ1n) is 6.17. The molecule has 96 valence electrons. The van der Waals surface area contributed by atoms with E-state index in [1.807, 2.05) is 30.3 Å². The molecule has 1 aromatic carbocycles. The zero-order valence-corrected chi connectivity index (χ0v) is 12.2. The molecule has 1 aromatic rings. The Hall–Kier alpha value is -0.843. The summed E-state index contributed by atoms with van der Waals surface area (Å²) >= 11 is 0. The van der Waals surface area contributed by atoms with Gasteiger partial charge in [-0.05, 0) is 18.6 Å². The quantitative estimate of drug-likeness (QED) is 0.754. The predicted molar refractivity (Wildman–Crippen MR) is 74.2 cm³/mol. The summed E-state index contributed by atoms with van der Waals surface area (Å²) in [6.45, 7) is 7.12. The van der Waals surface area contributed by atoms with Crippen LogP contribution in [0.4, 0.5) is 5.69 Å². The Kier molecular flexibility index (Phi) is 5.68. The topological polar surface area (TPSA) is 30.5 Å². The Morgan fingerprint density at radius 2 is 1.88 bits per heavy atom. The molecule has 1 rings (SSSR count). The molecule has 0 aliphatic carbocycles. The molecule has 1 unspecified atom stereocenters. The Bertz CT molecular complexity index is 318. The highest BCUT2D eigenvalue weighted by atomic mass is 28.4. The van der Waals surface area contributed by atoms with Crippen molar-refractivity contribution in [1.82, 2.24) is 0 Å².